The SMILES string of the molecule is COc1cc(/C=C(\C#N)C(=O)C(C)(C)C)ccc1OC(=O)c1ccncc1. The lowest BCUT2D eigenvalue weighted by Gasteiger charge is -2.15. The topological polar surface area (TPSA) is 89.3 Å². The fourth-order valence-corrected chi connectivity index (χ4v) is 2.22. The Morgan fingerprint density at radius 2 is 1.78 bits per heavy atom. The molecule has 0 aliphatic rings. The summed E-state index contributed by atoms with van der Waals surface area (Å²) < 4.78 is 10.6. The number of pyridine rings is 1. The van der Waals surface area contributed by atoms with E-state index >= 15 is 0 Å². The molecule has 2 aromatic rings. The molecule has 0 saturated heterocycles. The highest BCUT2D eigenvalue weighted by atomic mass is 16.6. The fraction of sp³-hybridized carbons (Fsp3) is 0.238. The van der Waals surface area contributed by atoms with Crippen molar-refractivity contribution in [3.05, 3.63) is 59.4 Å². The Bertz CT molecular complexity index is 919. The molecule has 0 saturated carbocycles. The van der Waals surface area contributed by atoms with Crippen LogP contribution in [-0.4, -0.2) is 23.8 Å². The van der Waals surface area contributed by atoms with E-state index in [1.165, 1.54) is 25.6 Å². The van der Waals surface area contributed by atoms with Crippen molar-refractivity contribution >= 4 is 17.8 Å². The van der Waals surface area contributed by atoms with E-state index in [1.807, 2.05) is 6.07 Å². The Morgan fingerprint density at radius 1 is 1.11 bits per heavy atom. The zero-order chi connectivity index (χ0) is 20.0. The van der Waals surface area contributed by atoms with Gasteiger partial charge in [0.15, 0.2) is 17.3 Å². The molecule has 0 radical (unpaired) electrons. The first kappa shape index (κ1) is 19.9. The van der Waals surface area contributed by atoms with Gasteiger partial charge >= 0.3 is 5.97 Å². The normalized spacial score (nSPS) is 11.4. The van der Waals surface area contributed by atoms with Crippen LogP contribution in [0.1, 0.15) is 36.7 Å². The maximum absolute atomic E-state index is 12.3. The van der Waals surface area contributed by atoms with Gasteiger partial charge in [0.2, 0.25) is 0 Å². The summed E-state index contributed by atoms with van der Waals surface area (Å²) in [6.07, 6.45) is 4.49. The third kappa shape index (κ3) is 5.02. The molecule has 0 atom stereocenters. The van der Waals surface area contributed by atoms with Crippen molar-refractivity contribution in [2.45, 2.75) is 20.8 Å². The van der Waals surface area contributed by atoms with Gasteiger partial charge in [0, 0.05) is 17.8 Å². The molecule has 0 amide bonds. The number of carbonyl (C=O) groups excluding carboxylic acids is 2. The third-order valence-corrected chi connectivity index (χ3v) is 3.66. The van der Waals surface area contributed by atoms with Gasteiger partial charge in [-0.1, -0.05) is 26.8 Å². The first-order valence-electron chi connectivity index (χ1n) is 8.23. The third-order valence-electron chi connectivity index (χ3n) is 3.66. The summed E-state index contributed by atoms with van der Waals surface area (Å²) in [5.74, 6) is -0.249. The van der Waals surface area contributed by atoms with Gasteiger partial charge in [-0.25, -0.2) is 4.79 Å². The van der Waals surface area contributed by atoms with Crippen molar-refractivity contribution in [2.24, 2.45) is 5.41 Å². The van der Waals surface area contributed by atoms with Crippen LogP contribution in [0, 0.1) is 16.7 Å². The molecule has 1 aromatic carbocycles. The molecule has 0 bridgehead atoms. The van der Waals surface area contributed by atoms with Crippen LogP contribution < -0.4 is 9.47 Å². The molecule has 0 aliphatic heterocycles. The van der Waals surface area contributed by atoms with Crippen LogP contribution in [0.15, 0.2) is 48.3 Å². The molecule has 1 aromatic heterocycles. The zero-order valence-corrected chi connectivity index (χ0v) is 15.6. The Labute approximate surface area is 158 Å². The highest BCUT2D eigenvalue weighted by Crippen LogP contribution is 2.30. The van der Waals surface area contributed by atoms with E-state index in [2.05, 4.69) is 4.98 Å². The van der Waals surface area contributed by atoms with Crippen LogP contribution in [0.25, 0.3) is 6.08 Å². The van der Waals surface area contributed by atoms with E-state index in [0.717, 1.165) is 0 Å². The van der Waals surface area contributed by atoms with E-state index < -0.39 is 11.4 Å². The molecular formula is C21H20N2O4. The highest BCUT2D eigenvalue weighted by Gasteiger charge is 2.25. The Morgan fingerprint density at radius 3 is 2.33 bits per heavy atom. The highest BCUT2D eigenvalue weighted by molar-refractivity contribution is 6.06. The standard InChI is InChI=1S/C21H20N2O4/c1-21(2,3)19(24)16(13-22)11-14-5-6-17(18(12-14)26-4)27-20(25)15-7-9-23-10-8-15/h5-12H,1-4H3/b16-11+. The molecule has 0 fully saturated rings. The lowest BCUT2D eigenvalue weighted by atomic mass is 9.86. The average molecular weight is 364 g/mol. The number of esters is 1. The molecule has 27 heavy (non-hydrogen) atoms. The van der Waals surface area contributed by atoms with E-state index in [-0.39, 0.29) is 17.1 Å². The number of nitrogens with zero attached hydrogens (tertiary/aromatic N) is 2. The summed E-state index contributed by atoms with van der Waals surface area (Å²) in [7, 11) is 1.44. The molecule has 6 heteroatoms. The van der Waals surface area contributed by atoms with Crippen LogP contribution in [0.3, 0.4) is 0 Å². The van der Waals surface area contributed by atoms with Gasteiger partial charge in [-0.05, 0) is 35.9 Å². The minimum absolute atomic E-state index is 0.0473. The Balaban J connectivity index is 2.31. The molecule has 6 nitrogen and oxygen atoms in total. The second-order valence-corrected chi connectivity index (χ2v) is 6.78. The number of allylic oxidation sites excluding steroid dienone is 1. The summed E-state index contributed by atoms with van der Waals surface area (Å²) in [4.78, 5) is 28.4. The predicted octanol–water partition coefficient (Wildman–Crippen LogP) is 3.83. The van der Waals surface area contributed by atoms with Crippen molar-refractivity contribution < 1.29 is 19.1 Å². The van der Waals surface area contributed by atoms with E-state index in [0.29, 0.717) is 16.9 Å². The molecule has 0 aliphatic carbocycles. The number of ketones is 1. The van der Waals surface area contributed by atoms with E-state index in [1.54, 1.807) is 51.1 Å². The van der Waals surface area contributed by atoms with Gasteiger partial charge in [0.1, 0.15) is 6.07 Å². The molecular weight excluding hydrogens is 344 g/mol. The second-order valence-electron chi connectivity index (χ2n) is 6.78. The predicted molar refractivity (Wildman–Crippen MR) is 100 cm³/mol. The first-order valence-corrected chi connectivity index (χ1v) is 8.23. The minimum Gasteiger partial charge on any atom is -0.493 e. The van der Waals surface area contributed by atoms with Crippen LogP contribution in [-0.2, 0) is 4.79 Å². The van der Waals surface area contributed by atoms with Crippen molar-refractivity contribution in [1.29, 1.82) is 5.26 Å². The van der Waals surface area contributed by atoms with Crippen LogP contribution in [0.5, 0.6) is 11.5 Å². The molecule has 138 valence electrons. The second kappa shape index (κ2) is 8.28. The maximum atomic E-state index is 12.3. The molecule has 1 heterocycles. The van der Waals surface area contributed by atoms with Gasteiger partial charge in [-0.2, -0.15) is 5.26 Å². The average Bonchev–Trinajstić information content (AvgIpc) is 2.66. The summed E-state index contributed by atoms with van der Waals surface area (Å²) in [6, 6.07) is 9.83. The number of methoxy groups -OCH3 is 1. The van der Waals surface area contributed by atoms with Crippen molar-refractivity contribution in [3.63, 3.8) is 0 Å². The number of ether oxygens (including phenoxy) is 2. The molecule has 0 unspecified atom stereocenters. The maximum Gasteiger partial charge on any atom is 0.343 e. The number of rotatable bonds is 5. The van der Waals surface area contributed by atoms with E-state index in [4.69, 9.17) is 9.47 Å². The largest absolute Gasteiger partial charge is 0.493 e. The van der Waals surface area contributed by atoms with Gasteiger partial charge in [0.05, 0.1) is 18.2 Å². The summed E-state index contributed by atoms with van der Waals surface area (Å²) in [5, 5.41) is 9.30. The number of hydrogen-bond donors (Lipinski definition) is 0. The van der Waals surface area contributed by atoms with Crippen LogP contribution in [0.4, 0.5) is 0 Å². The minimum atomic E-state index is -0.661. The number of nitriles is 1. The van der Waals surface area contributed by atoms with Gasteiger partial charge in [0.25, 0.3) is 0 Å². The Hall–Kier alpha value is -3.46. The van der Waals surface area contributed by atoms with Crippen molar-refractivity contribution in [3.8, 4) is 17.6 Å². The van der Waals surface area contributed by atoms with Crippen molar-refractivity contribution in [1.82, 2.24) is 4.98 Å². The monoisotopic (exact) mass is 364 g/mol. The zero-order valence-electron chi connectivity index (χ0n) is 15.6. The van der Waals surface area contributed by atoms with Gasteiger partial charge in [-0.3, -0.25) is 9.78 Å². The summed E-state index contributed by atoms with van der Waals surface area (Å²) >= 11 is 0. The number of hydrogen-bond acceptors (Lipinski definition) is 6. The fourth-order valence-electron chi connectivity index (χ4n) is 2.22. The molecule has 0 spiro atoms. The lowest BCUT2D eigenvalue weighted by Crippen LogP contribution is -2.21. The number of Topliss-reactive ketones (excluding diaryl/α,β-unsaturated/α-hetero) is 1. The number of carbonyl (C=O) groups is 2. The van der Waals surface area contributed by atoms with Crippen LogP contribution >= 0.6 is 0 Å². The number of aromatic nitrogens is 1. The van der Waals surface area contributed by atoms with E-state index in [9.17, 15) is 14.9 Å². The van der Waals surface area contributed by atoms with Crippen molar-refractivity contribution in [2.75, 3.05) is 7.11 Å². The Kier molecular flexibility index (Phi) is 6.09. The molecule has 2 rings (SSSR count). The first-order chi connectivity index (χ1) is 12.8. The lowest BCUT2D eigenvalue weighted by molar-refractivity contribution is -0.121. The van der Waals surface area contributed by atoms with Gasteiger partial charge < -0.3 is 9.47 Å². The van der Waals surface area contributed by atoms with Gasteiger partial charge in [-0.15, -0.1) is 0 Å². The van der Waals surface area contributed by atoms with Crippen LogP contribution in [0.2, 0.25) is 0 Å². The smallest absolute Gasteiger partial charge is 0.343 e. The summed E-state index contributed by atoms with van der Waals surface area (Å²) in [5.41, 5.74) is 0.334. The summed E-state index contributed by atoms with van der Waals surface area (Å²) in [6.45, 7) is 5.26. The number of benzene rings is 1. The quantitative estimate of drug-likeness (QED) is 0.347. The molecule has 0 N–H and O–H groups in total.